The fraction of sp³-hybridized carbons (Fsp3) is 0.333. The summed E-state index contributed by atoms with van der Waals surface area (Å²) in [5.74, 6) is 0.378. The Morgan fingerprint density at radius 3 is 2.32 bits per heavy atom. The van der Waals surface area contributed by atoms with Crippen LogP contribution in [0.1, 0.15) is 25.8 Å². The van der Waals surface area contributed by atoms with Crippen molar-refractivity contribution in [2.45, 2.75) is 20.3 Å². The molecule has 1 saturated heterocycles. The third-order valence-corrected chi connectivity index (χ3v) is 5.65. The summed E-state index contributed by atoms with van der Waals surface area (Å²) in [6.45, 7) is 7.22. The van der Waals surface area contributed by atoms with Crippen LogP contribution in [0.15, 0.2) is 48.5 Å². The number of piperazine rings is 1. The molecule has 7 heteroatoms. The maximum absolute atomic E-state index is 12.2. The first kappa shape index (κ1) is 23.2. The van der Waals surface area contributed by atoms with Gasteiger partial charge >= 0.3 is 0 Å². The summed E-state index contributed by atoms with van der Waals surface area (Å²) < 4.78 is 0. The maximum atomic E-state index is 12.2. The number of hydrogen-bond donors (Lipinski definition) is 1. The van der Waals surface area contributed by atoms with Crippen LogP contribution in [0.4, 0.5) is 11.4 Å². The van der Waals surface area contributed by atoms with Gasteiger partial charge in [-0.3, -0.25) is 9.59 Å². The van der Waals surface area contributed by atoms with Crippen molar-refractivity contribution in [2.24, 2.45) is 5.92 Å². The van der Waals surface area contributed by atoms with Gasteiger partial charge in [0, 0.05) is 60.1 Å². The van der Waals surface area contributed by atoms with Crippen molar-refractivity contribution < 1.29 is 9.59 Å². The van der Waals surface area contributed by atoms with Gasteiger partial charge in [0.15, 0.2) is 0 Å². The Hall–Kier alpha value is -2.50. The zero-order valence-corrected chi connectivity index (χ0v) is 19.3. The first-order valence-corrected chi connectivity index (χ1v) is 11.1. The van der Waals surface area contributed by atoms with Crippen molar-refractivity contribution in [1.82, 2.24) is 4.90 Å². The number of amides is 2. The lowest BCUT2D eigenvalue weighted by Gasteiger charge is -2.36. The number of benzene rings is 2. The molecule has 3 rings (SSSR count). The minimum absolute atomic E-state index is 0.237. The standard InChI is InChI=1S/C24H27Cl2N3O2/c1-17(2)15-24(31)29-13-11-28(12-14-29)21-8-6-20(7-9-21)27-23(30)10-4-18-3-5-19(25)16-22(18)26/h3-10,16-17H,11-15H2,1-2H3,(H,27,30)/b10-4+. The Morgan fingerprint density at radius 1 is 1.03 bits per heavy atom. The van der Waals surface area contributed by atoms with Gasteiger partial charge in [-0.25, -0.2) is 0 Å². The van der Waals surface area contributed by atoms with Crippen LogP contribution in [0, 0.1) is 5.92 Å². The van der Waals surface area contributed by atoms with E-state index >= 15 is 0 Å². The molecule has 1 N–H and O–H groups in total. The van der Waals surface area contributed by atoms with Crippen LogP contribution in [0.2, 0.25) is 10.0 Å². The summed E-state index contributed by atoms with van der Waals surface area (Å²) in [6.07, 6.45) is 3.70. The highest BCUT2D eigenvalue weighted by Gasteiger charge is 2.21. The van der Waals surface area contributed by atoms with Gasteiger partial charge in [-0.15, -0.1) is 0 Å². The number of hydrogen-bond acceptors (Lipinski definition) is 3. The van der Waals surface area contributed by atoms with Crippen molar-refractivity contribution in [3.05, 3.63) is 64.1 Å². The van der Waals surface area contributed by atoms with Gasteiger partial charge in [0.1, 0.15) is 0 Å². The van der Waals surface area contributed by atoms with Gasteiger partial charge in [-0.05, 0) is 54.0 Å². The number of carbonyl (C=O) groups excluding carboxylic acids is 2. The normalized spacial score (nSPS) is 14.4. The third-order valence-electron chi connectivity index (χ3n) is 5.09. The highest BCUT2D eigenvalue weighted by atomic mass is 35.5. The molecule has 1 heterocycles. The third kappa shape index (κ3) is 6.74. The molecule has 2 aromatic carbocycles. The maximum Gasteiger partial charge on any atom is 0.248 e. The molecule has 2 amide bonds. The molecular formula is C24H27Cl2N3O2. The molecule has 5 nitrogen and oxygen atoms in total. The van der Waals surface area contributed by atoms with E-state index < -0.39 is 0 Å². The van der Waals surface area contributed by atoms with E-state index in [1.54, 1.807) is 24.3 Å². The minimum atomic E-state index is -0.240. The fourth-order valence-electron chi connectivity index (χ4n) is 3.43. The van der Waals surface area contributed by atoms with Gasteiger partial charge < -0.3 is 15.1 Å². The first-order valence-electron chi connectivity index (χ1n) is 10.4. The molecule has 164 valence electrons. The Labute approximate surface area is 193 Å². The monoisotopic (exact) mass is 459 g/mol. The fourth-order valence-corrected chi connectivity index (χ4v) is 3.91. The predicted octanol–water partition coefficient (Wildman–Crippen LogP) is 5.34. The molecule has 0 saturated carbocycles. The van der Waals surface area contributed by atoms with Crippen LogP contribution in [-0.2, 0) is 9.59 Å². The molecule has 0 radical (unpaired) electrons. The molecule has 0 spiro atoms. The van der Waals surface area contributed by atoms with Crippen molar-refractivity contribution in [2.75, 3.05) is 36.4 Å². The Balaban J connectivity index is 1.52. The van der Waals surface area contributed by atoms with E-state index in [1.165, 1.54) is 6.08 Å². The predicted molar refractivity (Wildman–Crippen MR) is 129 cm³/mol. The van der Waals surface area contributed by atoms with Crippen molar-refractivity contribution in [3.63, 3.8) is 0 Å². The molecule has 31 heavy (non-hydrogen) atoms. The molecule has 0 aromatic heterocycles. The molecule has 0 bridgehead atoms. The van der Waals surface area contributed by atoms with Crippen LogP contribution in [-0.4, -0.2) is 42.9 Å². The molecule has 1 aliphatic rings. The molecule has 0 atom stereocenters. The highest BCUT2D eigenvalue weighted by Crippen LogP contribution is 2.23. The van der Waals surface area contributed by atoms with Gasteiger partial charge in [0.2, 0.25) is 11.8 Å². The summed E-state index contributed by atoms with van der Waals surface area (Å²) in [5, 5.41) is 3.89. The van der Waals surface area contributed by atoms with E-state index in [4.69, 9.17) is 23.2 Å². The molecule has 0 unspecified atom stereocenters. The van der Waals surface area contributed by atoms with Crippen LogP contribution in [0.3, 0.4) is 0 Å². The average Bonchev–Trinajstić information content (AvgIpc) is 2.73. The zero-order valence-electron chi connectivity index (χ0n) is 17.8. The van der Waals surface area contributed by atoms with E-state index in [2.05, 4.69) is 24.1 Å². The number of carbonyl (C=O) groups is 2. The van der Waals surface area contributed by atoms with Crippen LogP contribution < -0.4 is 10.2 Å². The second-order valence-corrected chi connectivity index (χ2v) is 8.84. The number of anilines is 2. The number of halogens is 2. The molecular weight excluding hydrogens is 433 g/mol. The summed E-state index contributed by atoms with van der Waals surface area (Å²) in [7, 11) is 0. The number of nitrogens with zero attached hydrogens (tertiary/aromatic N) is 2. The second-order valence-electron chi connectivity index (χ2n) is 8.00. The van der Waals surface area contributed by atoms with E-state index in [9.17, 15) is 9.59 Å². The minimum Gasteiger partial charge on any atom is -0.368 e. The Kier molecular flexibility index (Phi) is 7.99. The smallest absolute Gasteiger partial charge is 0.248 e. The molecule has 1 fully saturated rings. The van der Waals surface area contributed by atoms with Crippen LogP contribution in [0.25, 0.3) is 6.08 Å². The largest absolute Gasteiger partial charge is 0.368 e. The Morgan fingerprint density at radius 2 is 1.71 bits per heavy atom. The molecule has 0 aliphatic carbocycles. The lowest BCUT2D eigenvalue weighted by Crippen LogP contribution is -2.49. The summed E-state index contributed by atoms with van der Waals surface area (Å²) in [6, 6.07) is 12.9. The van der Waals surface area contributed by atoms with Crippen molar-refractivity contribution in [1.29, 1.82) is 0 Å². The quantitative estimate of drug-likeness (QED) is 0.593. The van der Waals surface area contributed by atoms with E-state index in [-0.39, 0.29) is 11.8 Å². The lowest BCUT2D eigenvalue weighted by molar-refractivity contribution is -0.132. The number of nitrogens with one attached hydrogen (secondary N) is 1. The van der Waals surface area contributed by atoms with E-state index in [1.807, 2.05) is 29.2 Å². The lowest BCUT2D eigenvalue weighted by atomic mass is 10.1. The topological polar surface area (TPSA) is 52.7 Å². The van der Waals surface area contributed by atoms with Crippen LogP contribution >= 0.6 is 23.2 Å². The summed E-state index contributed by atoms with van der Waals surface area (Å²) in [4.78, 5) is 28.6. The summed E-state index contributed by atoms with van der Waals surface area (Å²) in [5.41, 5.74) is 2.52. The van der Waals surface area contributed by atoms with Crippen molar-refractivity contribution in [3.8, 4) is 0 Å². The van der Waals surface area contributed by atoms with Gasteiger partial charge in [0.25, 0.3) is 0 Å². The zero-order chi connectivity index (χ0) is 22.4. The first-order chi connectivity index (χ1) is 14.8. The van der Waals surface area contributed by atoms with E-state index in [0.717, 1.165) is 37.4 Å². The molecule has 1 aliphatic heterocycles. The SMILES string of the molecule is CC(C)CC(=O)N1CCN(c2ccc(NC(=O)/C=C/c3ccc(Cl)cc3Cl)cc2)CC1. The highest BCUT2D eigenvalue weighted by molar-refractivity contribution is 6.35. The average molecular weight is 460 g/mol. The van der Waals surface area contributed by atoms with Gasteiger partial charge in [-0.1, -0.05) is 43.1 Å². The summed E-state index contributed by atoms with van der Waals surface area (Å²) >= 11 is 12.0. The van der Waals surface area contributed by atoms with Gasteiger partial charge in [-0.2, -0.15) is 0 Å². The second kappa shape index (κ2) is 10.7. The Bertz CT molecular complexity index is 950. The van der Waals surface area contributed by atoms with Crippen LogP contribution in [0.5, 0.6) is 0 Å². The van der Waals surface area contributed by atoms with Gasteiger partial charge in [0.05, 0.1) is 0 Å². The molecule has 2 aromatic rings. The van der Waals surface area contributed by atoms with Crippen molar-refractivity contribution >= 4 is 52.5 Å². The number of rotatable bonds is 6. The van der Waals surface area contributed by atoms with E-state index in [0.29, 0.717) is 28.1 Å².